The monoisotopic (exact) mass is 890 g/mol. The number of hydrogen-bond donors (Lipinski definition) is 0. The number of benzene rings is 5. The van der Waals surface area contributed by atoms with Gasteiger partial charge in [0.15, 0.2) is 0 Å². The summed E-state index contributed by atoms with van der Waals surface area (Å²) in [5.41, 5.74) is 10.2. The molecule has 0 bridgehead atoms. The number of fused-ring (bicyclic) bond motifs is 3. The topological polar surface area (TPSA) is 38.9 Å². The van der Waals surface area contributed by atoms with Crippen molar-refractivity contribution in [1.29, 1.82) is 0 Å². The zero-order valence-corrected chi connectivity index (χ0v) is 33.9. The number of pyridine rings is 2. The average Bonchev–Trinajstić information content (AvgIpc) is 3.59. The summed E-state index contributed by atoms with van der Waals surface area (Å²) in [4.78, 5) is 9.17. The second kappa shape index (κ2) is 16.4. The van der Waals surface area contributed by atoms with Gasteiger partial charge in [-0.2, -0.15) is 0 Å². The molecule has 0 aliphatic heterocycles. The second-order valence-corrected chi connectivity index (χ2v) is 19.3. The van der Waals surface area contributed by atoms with Gasteiger partial charge < -0.3 is 14.4 Å². The van der Waals surface area contributed by atoms with E-state index in [1.54, 1.807) is 18.3 Å². The second-order valence-electron chi connectivity index (χ2n) is 14.2. The first-order valence-corrected chi connectivity index (χ1v) is 21.1. The van der Waals surface area contributed by atoms with E-state index in [2.05, 4.69) is 108 Å². The van der Waals surface area contributed by atoms with Crippen LogP contribution in [0.3, 0.4) is 0 Å². The fourth-order valence-electron chi connectivity index (χ4n) is 6.33. The van der Waals surface area contributed by atoms with E-state index in [4.69, 9.17) is 11.3 Å². The SMILES string of the molecule is [2H]C([2H])([2H])c1c[c-]c(-c2cc(C([2H])([2H])C(C)C)c([Si](C)(C)C)cn2)cc1.[Ir].[c-]1ccc2c(oc3cc(-c4ccccc4)ccc32)c1-c1cc(-c2ccccc2)ccn1. The Labute approximate surface area is 335 Å². The molecular weight excluding hydrogens is 841 g/mol. The molecule has 0 saturated heterocycles. The van der Waals surface area contributed by atoms with Crippen molar-refractivity contribution < 1.29 is 31.4 Å². The van der Waals surface area contributed by atoms with Crippen LogP contribution >= 0.6 is 0 Å². The van der Waals surface area contributed by atoms with Gasteiger partial charge in [0.05, 0.1) is 13.7 Å². The van der Waals surface area contributed by atoms with Crippen LogP contribution in [-0.2, 0) is 26.5 Å². The van der Waals surface area contributed by atoms with Crippen molar-refractivity contribution in [1.82, 2.24) is 9.97 Å². The van der Waals surface area contributed by atoms with Crippen LogP contribution in [-0.4, -0.2) is 18.0 Å². The minimum absolute atomic E-state index is 0. The van der Waals surface area contributed by atoms with E-state index in [0.717, 1.165) is 55.1 Å². The maximum absolute atomic E-state index is 8.59. The molecule has 5 heteroatoms. The molecule has 1 radical (unpaired) electrons. The Hall–Kier alpha value is -4.93. The summed E-state index contributed by atoms with van der Waals surface area (Å²) in [5, 5.41) is 3.19. The summed E-state index contributed by atoms with van der Waals surface area (Å²) in [6, 6.07) is 48.1. The molecule has 0 fully saturated rings. The Morgan fingerprint density at radius 3 is 2.09 bits per heavy atom. The molecule has 3 heterocycles. The number of aryl methyl sites for hydroxylation is 1. The van der Waals surface area contributed by atoms with Crippen LogP contribution in [0.4, 0.5) is 0 Å². The third kappa shape index (κ3) is 8.66. The Kier molecular flexibility index (Phi) is 9.77. The molecule has 3 aromatic heterocycles. The summed E-state index contributed by atoms with van der Waals surface area (Å²) >= 11 is 0. The Morgan fingerprint density at radius 1 is 0.736 bits per heavy atom. The maximum atomic E-state index is 8.59. The first-order chi connectivity index (χ1) is 27.1. The molecule has 0 unspecified atom stereocenters. The van der Waals surface area contributed by atoms with E-state index >= 15 is 0 Å². The van der Waals surface area contributed by atoms with Gasteiger partial charge in [-0.25, -0.2) is 0 Å². The summed E-state index contributed by atoms with van der Waals surface area (Å²) in [5.74, 6) is -0.172. The van der Waals surface area contributed by atoms with Gasteiger partial charge in [-0.3, -0.25) is 0 Å². The molecule has 0 spiro atoms. The van der Waals surface area contributed by atoms with Crippen LogP contribution in [0, 0.1) is 24.9 Å². The fraction of sp³-hybridized carbons (Fsp3) is 0.167. The van der Waals surface area contributed by atoms with Gasteiger partial charge in [-0.05, 0) is 63.3 Å². The molecule has 0 N–H and O–H groups in total. The van der Waals surface area contributed by atoms with Crippen molar-refractivity contribution in [2.45, 2.75) is 46.7 Å². The summed E-state index contributed by atoms with van der Waals surface area (Å²) in [7, 11) is -1.78. The first-order valence-electron chi connectivity index (χ1n) is 20.1. The molecule has 8 aromatic rings. The van der Waals surface area contributed by atoms with Crippen molar-refractivity contribution >= 4 is 35.2 Å². The molecular formula is C48H44IrN2OSi-2. The number of nitrogens with zero attached hydrogens (tertiary/aromatic N) is 2. The first kappa shape index (κ1) is 31.6. The predicted molar refractivity (Wildman–Crippen MR) is 221 cm³/mol. The van der Waals surface area contributed by atoms with Crippen LogP contribution in [0.15, 0.2) is 144 Å². The summed E-state index contributed by atoms with van der Waals surface area (Å²) < 4.78 is 45.9. The Morgan fingerprint density at radius 2 is 1.45 bits per heavy atom. The molecule has 3 nitrogen and oxygen atoms in total. The van der Waals surface area contributed by atoms with Gasteiger partial charge in [-0.1, -0.05) is 142 Å². The standard InChI is InChI=1S/C29H18NO.C19H26NSi.Ir/c1-3-8-20(9-4-1)22-14-15-24-25-12-7-13-26(29(25)31-28(24)19-22)27-18-23(16-17-30-27)21-10-5-2-6-11-21;1-14(2)11-17-12-18(16-9-7-15(3)8-10-16)20-13-19(17)21(4,5)6;/h1-12,14-19H;7-9,12-14H,11H2,1-6H3;/q2*-1;/i;3D3,11D2;. The zero-order chi connectivity index (χ0) is 40.5. The van der Waals surface area contributed by atoms with Crippen molar-refractivity contribution in [2.75, 3.05) is 0 Å². The quantitative estimate of drug-likeness (QED) is 0.118. The number of rotatable bonds is 7. The summed E-state index contributed by atoms with van der Waals surface area (Å²) in [6.45, 7) is 8.14. The van der Waals surface area contributed by atoms with Gasteiger partial charge in [-0.15, -0.1) is 53.6 Å². The van der Waals surface area contributed by atoms with E-state index in [9.17, 15) is 0 Å². The van der Waals surface area contributed by atoms with Crippen LogP contribution in [0.5, 0.6) is 0 Å². The van der Waals surface area contributed by atoms with Crippen LogP contribution in [0.1, 0.15) is 31.8 Å². The van der Waals surface area contributed by atoms with E-state index in [-0.39, 0.29) is 31.6 Å². The van der Waals surface area contributed by atoms with E-state index in [1.165, 1.54) is 11.6 Å². The Balaban J connectivity index is 0.000000196. The van der Waals surface area contributed by atoms with Crippen molar-refractivity contribution in [2.24, 2.45) is 5.92 Å². The van der Waals surface area contributed by atoms with Crippen LogP contribution < -0.4 is 5.19 Å². The van der Waals surface area contributed by atoms with Crippen molar-refractivity contribution in [3.05, 3.63) is 163 Å². The molecule has 5 aromatic carbocycles. The average molecular weight is 890 g/mol. The van der Waals surface area contributed by atoms with E-state index in [1.807, 2.05) is 62.5 Å². The minimum atomic E-state index is -2.16. The third-order valence-electron chi connectivity index (χ3n) is 8.91. The normalized spacial score (nSPS) is 13.2. The van der Waals surface area contributed by atoms with Gasteiger partial charge in [0.25, 0.3) is 0 Å². The van der Waals surface area contributed by atoms with Crippen molar-refractivity contribution in [3.63, 3.8) is 0 Å². The van der Waals surface area contributed by atoms with Crippen molar-refractivity contribution in [3.8, 4) is 44.8 Å². The molecule has 0 aliphatic rings. The minimum Gasteiger partial charge on any atom is -0.501 e. The Bertz CT molecular complexity index is 2660. The summed E-state index contributed by atoms with van der Waals surface area (Å²) in [6.07, 6.45) is 2.18. The number of aromatic nitrogens is 2. The molecule has 0 aliphatic carbocycles. The zero-order valence-electron chi connectivity index (χ0n) is 35.5. The number of hydrogen-bond acceptors (Lipinski definition) is 3. The molecule has 267 valence electrons. The van der Waals surface area contributed by atoms with Crippen LogP contribution in [0.25, 0.3) is 66.7 Å². The molecule has 53 heavy (non-hydrogen) atoms. The van der Waals surface area contributed by atoms with E-state index in [0.29, 0.717) is 16.8 Å². The molecule has 0 saturated carbocycles. The molecule has 8 rings (SSSR count). The molecule has 0 atom stereocenters. The largest absolute Gasteiger partial charge is 0.501 e. The molecule has 0 amide bonds. The van der Waals surface area contributed by atoms with Gasteiger partial charge in [0, 0.05) is 44.7 Å². The fourth-order valence-corrected chi connectivity index (χ4v) is 7.74. The third-order valence-corrected chi connectivity index (χ3v) is 10.9. The smallest absolute Gasteiger partial charge is 0.121 e. The van der Waals surface area contributed by atoms with Gasteiger partial charge in [0.1, 0.15) is 5.58 Å². The number of furan rings is 1. The van der Waals surface area contributed by atoms with E-state index < -0.39 is 21.3 Å². The van der Waals surface area contributed by atoms with Gasteiger partial charge >= 0.3 is 0 Å². The maximum Gasteiger partial charge on any atom is 0.121 e. The van der Waals surface area contributed by atoms with Crippen LogP contribution in [0.2, 0.25) is 19.6 Å². The predicted octanol–water partition coefficient (Wildman–Crippen LogP) is 12.4. The van der Waals surface area contributed by atoms with Gasteiger partial charge in [0.2, 0.25) is 0 Å².